The van der Waals surface area contributed by atoms with Crippen LogP contribution in [0.2, 0.25) is 0 Å². The van der Waals surface area contributed by atoms with E-state index >= 15 is 0 Å². The van der Waals surface area contributed by atoms with Crippen molar-refractivity contribution < 1.29 is 4.79 Å². The summed E-state index contributed by atoms with van der Waals surface area (Å²) in [5.41, 5.74) is 3.15. The lowest BCUT2D eigenvalue weighted by Gasteiger charge is -2.25. The van der Waals surface area contributed by atoms with Crippen molar-refractivity contribution in [2.75, 3.05) is 6.54 Å². The molecule has 1 atom stereocenters. The molecule has 0 bridgehead atoms. The van der Waals surface area contributed by atoms with Gasteiger partial charge >= 0.3 is 0 Å². The molecule has 0 N–H and O–H groups in total. The van der Waals surface area contributed by atoms with Gasteiger partial charge in [0, 0.05) is 13.1 Å². The normalized spacial score (nSPS) is 11.7. The highest BCUT2D eigenvalue weighted by molar-refractivity contribution is 6.30. The van der Waals surface area contributed by atoms with Crippen molar-refractivity contribution in [2.24, 2.45) is 0 Å². The number of benzene rings is 3. The SMILES string of the molecule is O=C(C(Cl)c1ccccc1)N(CCc1ccccc1)Cc1ccccc1. The number of hydrogen-bond donors (Lipinski definition) is 0. The van der Waals surface area contributed by atoms with Gasteiger partial charge in [0.2, 0.25) is 5.91 Å². The molecule has 2 nitrogen and oxygen atoms in total. The van der Waals surface area contributed by atoms with Crippen LogP contribution in [0.5, 0.6) is 0 Å². The molecule has 0 saturated carbocycles. The Bertz CT molecular complexity index is 805. The smallest absolute Gasteiger partial charge is 0.245 e. The van der Waals surface area contributed by atoms with E-state index in [1.807, 2.05) is 83.8 Å². The van der Waals surface area contributed by atoms with Crippen LogP contribution in [0.1, 0.15) is 22.1 Å². The van der Waals surface area contributed by atoms with Crippen LogP contribution in [-0.2, 0) is 17.8 Å². The van der Waals surface area contributed by atoms with Crippen LogP contribution >= 0.6 is 11.6 Å². The first-order valence-corrected chi connectivity index (χ1v) is 9.23. The van der Waals surface area contributed by atoms with Gasteiger partial charge in [-0.05, 0) is 23.1 Å². The third-order valence-corrected chi connectivity index (χ3v) is 4.79. The van der Waals surface area contributed by atoms with Gasteiger partial charge in [-0.3, -0.25) is 4.79 Å². The summed E-state index contributed by atoms with van der Waals surface area (Å²) in [7, 11) is 0. The number of nitrogens with zero attached hydrogens (tertiary/aromatic N) is 1. The average molecular weight is 364 g/mol. The van der Waals surface area contributed by atoms with Gasteiger partial charge in [-0.25, -0.2) is 0 Å². The van der Waals surface area contributed by atoms with Crippen molar-refractivity contribution in [2.45, 2.75) is 18.3 Å². The predicted octanol–water partition coefficient (Wildman–Crippen LogP) is 5.24. The summed E-state index contributed by atoms with van der Waals surface area (Å²) in [6.07, 6.45) is 0.803. The minimum absolute atomic E-state index is 0.0577. The Hall–Kier alpha value is -2.58. The maximum atomic E-state index is 13.1. The highest BCUT2D eigenvalue weighted by Crippen LogP contribution is 2.24. The molecule has 0 heterocycles. The van der Waals surface area contributed by atoms with E-state index < -0.39 is 5.38 Å². The van der Waals surface area contributed by atoms with Crippen molar-refractivity contribution in [1.29, 1.82) is 0 Å². The molecule has 0 aliphatic heterocycles. The molecule has 0 fully saturated rings. The molecule has 1 amide bonds. The zero-order chi connectivity index (χ0) is 18.2. The minimum atomic E-state index is -0.671. The third kappa shape index (κ3) is 4.96. The number of halogens is 1. The first-order valence-electron chi connectivity index (χ1n) is 8.79. The van der Waals surface area contributed by atoms with Gasteiger partial charge < -0.3 is 4.90 Å². The van der Waals surface area contributed by atoms with E-state index in [4.69, 9.17) is 11.6 Å². The second-order valence-electron chi connectivity index (χ2n) is 6.25. The number of carbonyl (C=O) groups excluding carboxylic acids is 1. The quantitative estimate of drug-likeness (QED) is 0.526. The average Bonchev–Trinajstić information content (AvgIpc) is 2.72. The van der Waals surface area contributed by atoms with E-state index in [0.29, 0.717) is 13.1 Å². The van der Waals surface area contributed by atoms with E-state index in [9.17, 15) is 4.79 Å². The van der Waals surface area contributed by atoms with Gasteiger partial charge in [0.15, 0.2) is 0 Å². The van der Waals surface area contributed by atoms with E-state index in [-0.39, 0.29) is 5.91 Å². The summed E-state index contributed by atoms with van der Waals surface area (Å²) < 4.78 is 0. The second-order valence-corrected chi connectivity index (χ2v) is 6.69. The van der Waals surface area contributed by atoms with E-state index in [1.165, 1.54) is 5.56 Å². The molecule has 3 aromatic rings. The molecule has 0 radical (unpaired) electrons. The fraction of sp³-hybridized carbons (Fsp3) is 0.174. The summed E-state index contributed by atoms with van der Waals surface area (Å²) in [5, 5.41) is -0.671. The molecule has 26 heavy (non-hydrogen) atoms. The lowest BCUT2D eigenvalue weighted by molar-refractivity contribution is -0.131. The number of alkyl halides is 1. The molecule has 0 aromatic heterocycles. The Balaban J connectivity index is 1.76. The van der Waals surface area contributed by atoms with Gasteiger partial charge in [0.05, 0.1) is 0 Å². The van der Waals surface area contributed by atoms with Crippen LogP contribution < -0.4 is 0 Å². The van der Waals surface area contributed by atoms with Crippen molar-refractivity contribution in [3.05, 3.63) is 108 Å². The molecular weight excluding hydrogens is 342 g/mol. The van der Waals surface area contributed by atoms with E-state index in [2.05, 4.69) is 12.1 Å². The van der Waals surface area contributed by atoms with Crippen molar-refractivity contribution in [1.82, 2.24) is 4.90 Å². The van der Waals surface area contributed by atoms with Gasteiger partial charge in [-0.2, -0.15) is 0 Å². The van der Waals surface area contributed by atoms with Crippen molar-refractivity contribution in [3.8, 4) is 0 Å². The van der Waals surface area contributed by atoms with Gasteiger partial charge in [0.25, 0.3) is 0 Å². The summed E-state index contributed by atoms with van der Waals surface area (Å²) in [5.74, 6) is -0.0577. The fourth-order valence-electron chi connectivity index (χ4n) is 2.90. The summed E-state index contributed by atoms with van der Waals surface area (Å²) in [6.45, 7) is 1.19. The number of amides is 1. The van der Waals surface area contributed by atoms with Gasteiger partial charge in [0.1, 0.15) is 5.38 Å². The highest BCUT2D eigenvalue weighted by Gasteiger charge is 2.23. The van der Waals surface area contributed by atoms with Crippen molar-refractivity contribution in [3.63, 3.8) is 0 Å². The lowest BCUT2D eigenvalue weighted by atomic mass is 10.1. The van der Waals surface area contributed by atoms with Crippen LogP contribution in [0.15, 0.2) is 91.0 Å². The van der Waals surface area contributed by atoms with Gasteiger partial charge in [-0.1, -0.05) is 91.0 Å². The van der Waals surface area contributed by atoms with Gasteiger partial charge in [-0.15, -0.1) is 11.6 Å². The molecular formula is C23H22ClNO. The standard InChI is InChI=1S/C23H22ClNO/c24-22(21-14-8-3-9-15-21)23(26)25(18-20-12-6-2-7-13-20)17-16-19-10-4-1-5-11-19/h1-15,22H,16-18H2. The second kappa shape index (κ2) is 9.21. The number of hydrogen-bond acceptors (Lipinski definition) is 1. The van der Waals surface area contributed by atoms with Crippen LogP contribution in [0.3, 0.4) is 0 Å². The summed E-state index contributed by atoms with van der Waals surface area (Å²) in [4.78, 5) is 14.9. The first kappa shape index (κ1) is 18.2. The predicted molar refractivity (Wildman–Crippen MR) is 107 cm³/mol. The molecule has 0 saturated heterocycles. The molecule has 0 aliphatic carbocycles. The maximum absolute atomic E-state index is 13.1. The van der Waals surface area contributed by atoms with Crippen LogP contribution in [0.25, 0.3) is 0 Å². The van der Waals surface area contributed by atoms with Crippen molar-refractivity contribution >= 4 is 17.5 Å². The van der Waals surface area contributed by atoms with E-state index in [1.54, 1.807) is 0 Å². The first-order chi connectivity index (χ1) is 12.7. The third-order valence-electron chi connectivity index (χ3n) is 4.35. The van der Waals surface area contributed by atoms with E-state index in [0.717, 1.165) is 17.5 Å². The van der Waals surface area contributed by atoms with Crippen LogP contribution in [0.4, 0.5) is 0 Å². The molecule has 3 rings (SSSR count). The Morgan fingerprint density at radius 2 is 1.27 bits per heavy atom. The largest absolute Gasteiger partial charge is 0.336 e. The Kier molecular flexibility index (Phi) is 6.45. The monoisotopic (exact) mass is 363 g/mol. The Morgan fingerprint density at radius 3 is 1.85 bits per heavy atom. The molecule has 0 spiro atoms. The topological polar surface area (TPSA) is 20.3 Å². The molecule has 3 heteroatoms. The fourth-order valence-corrected chi connectivity index (χ4v) is 3.19. The van der Waals surface area contributed by atoms with Crippen LogP contribution in [0, 0.1) is 0 Å². The number of rotatable bonds is 7. The molecule has 1 unspecified atom stereocenters. The zero-order valence-corrected chi connectivity index (χ0v) is 15.3. The summed E-state index contributed by atoms with van der Waals surface area (Å²) >= 11 is 6.51. The number of carbonyl (C=O) groups is 1. The van der Waals surface area contributed by atoms with Crippen LogP contribution in [-0.4, -0.2) is 17.4 Å². The maximum Gasteiger partial charge on any atom is 0.245 e. The lowest BCUT2D eigenvalue weighted by Crippen LogP contribution is -2.34. The highest BCUT2D eigenvalue weighted by atomic mass is 35.5. The summed E-state index contributed by atoms with van der Waals surface area (Å²) in [6, 6.07) is 29.8. The molecule has 0 aliphatic rings. The Labute approximate surface area is 160 Å². The minimum Gasteiger partial charge on any atom is -0.336 e. The molecule has 132 valence electrons. The Morgan fingerprint density at radius 1 is 0.769 bits per heavy atom. The zero-order valence-electron chi connectivity index (χ0n) is 14.6. The molecule has 3 aromatic carbocycles.